The quantitative estimate of drug-likeness (QED) is 0.684. The van der Waals surface area contributed by atoms with Gasteiger partial charge in [0, 0.05) is 17.5 Å². The fourth-order valence-electron chi connectivity index (χ4n) is 3.72. The summed E-state index contributed by atoms with van der Waals surface area (Å²) in [6.07, 6.45) is 2.08. The van der Waals surface area contributed by atoms with Crippen LogP contribution in [0.3, 0.4) is 0 Å². The van der Waals surface area contributed by atoms with Crippen LogP contribution >= 0.6 is 11.3 Å². The Morgan fingerprint density at radius 2 is 2.17 bits per heavy atom. The Morgan fingerprint density at radius 3 is 2.90 bits per heavy atom. The van der Waals surface area contributed by atoms with Gasteiger partial charge in [0.1, 0.15) is 5.75 Å². The molecule has 0 aliphatic carbocycles. The monoisotopic (exact) mass is 415 g/mol. The lowest BCUT2D eigenvalue weighted by Crippen LogP contribution is -2.44. The number of rotatable bonds is 9. The van der Waals surface area contributed by atoms with E-state index in [2.05, 4.69) is 16.3 Å². The maximum Gasteiger partial charge on any atom is 0.239 e. The first-order valence-electron chi connectivity index (χ1n) is 10.1. The number of nitrogens with zero attached hydrogens (tertiary/aromatic N) is 2. The second-order valence-electron chi connectivity index (χ2n) is 7.17. The molecule has 1 aromatic carbocycles. The highest BCUT2D eigenvalue weighted by atomic mass is 32.1. The van der Waals surface area contributed by atoms with Crippen LogP contribution in [0.2, 0.25) is 0 Å². The molecule has 0 saturated carbocycles. The highest BCUT2D eigenvalue weighted by Gasteiger charge is 2.29. The van der Waals surface area contributed by atoms with Crippen LogP contribution in [0.1, 0.15) is 36.2 Å². The van der Waals surface area contributed by atoms with Crippen LogP contribution in [-0.4, -0.2) is 54.9 Å². The molecule has 7 heteroatoms. The van der Waals surface area contributed by atoms with Crippen molar-refractivity contribution in [3.8, 4) is 5.75 Å². The van der Waals surface area contributed by atoms with Crippen LogP contribution < -0.4 is 10.1 Å². The Balaban J connectivity index is 1.55. The summed E-state index contributed by atoms with van der Waals surface area (Å²) in [5.74, 6) is 0.700. The van der Waals surface area contributed by atoms with E-state index in [1.54, 1.807) is 23.3 Å². The smallest absolute Gasteiger partial charge is 0.239 e. The van der Waals surface area contributed by atoms with E-state index in [0.29, 0.717) is 19.6 Å². The van der Waals surface area contributed by atoms with Gasteiger partial charge >= 0.3 is 0 Å². The fraction of sp³-hybridized carbons (Fsp3) is 0.455. The number of methoxy groups -OCH3 is 1. The number of nitrogens with one attached hydrogen (secondary N) is 1. The molecule has 1 N–H and O–H groups in total. The Kier molecular flexibility index (Phi) is 7.66. The van der Waals surface area contributed by atoms with Gasteiger partial charge in [-0.2, -0.15) is 0 Å². The van der Waals surface area contributed by atoms with Gasteiger partial charge in [0.05, 0.1) is 26.7 Å². The minimum atomic E-state index is -0.126. The van der Waals surface area contributed by atoms with Crippen LogP contribution in [0.5, 0.6) is 5.75 Å². The molecule has 0 bridgehead atoms. The van der Waals surface area contributed by atoms with Crippen molar-refractivity contribution in [2.24, 2.45) is 0 Å². The van der Waals surface area contributed by atoms with Crippen LogP contribution in [0.15, 0.2) is 41.8 Å². The summed E-state index contributed by atoms with van der Waals surface area (Å²) in [7, 11) is 1.66. The largest absolute Gasteiger partial charge is 0.497 e. The second-order valence-corrected chi connectivity index (χ2v) is 8.20. The molecule has 6 nitrogen and oxygen atoms in total. The predicted molar refractivity (Wildman–Crippen MR) is 115 cm³/mol. The zero-order valence-electron chi connectivity index (χ0n) is 17.1. The molecular weight excluding hydrogens is 386 g/mol. The zero-order valence-corrected chi connectivity index (χ0v) is 17.9. The number of benzene rings is 1. The number of ether oxygens (including phenoxy) is 1. The number of amides is 2. The number of hydrogen-bond acceptors (Lipinski definition) is 5. The van der Waals surface area contributed by atoms with Crippen molar-refractivity contribution in [3.05, 3.63) is 52.2 Å². The number of carbonyl (C=O) groups excluding carboxylic acids is 2. The summed E-state index contributed by atoms with van der Waals surface area (Å²) in [5.41, 5.74) is 1.17. The van der Waals surface area contributed by atoms with Crippen LogP contribution in [0, 0.1) is 0 Å². The Labute approximate surface area is 176 Å². The molecule has 1 fully saturated rings. The molecule has 1 aromatic heterocycles. The van der Waals surface area contributed by atoms with Gasteiger partial charge in [-0.15, -0.1) is 11.3 Å². The van der Waals surface area contributed by atoms with E-state index in [-0.39, 0.29) is 24.4 Å². The number of carbonyl (C=O) groups is 2. The molecule has 2 aromatic rings. The molecule has 2 amide bonds. The Morgan fingerprint density at radius 1 is 1.31 bits per heavy atom. The van der Waals surface area contributed by atoms with E-state index in [1.807, 2.05) is 42.6 Å². The number of thiophene rings is 1. The molecule has 1 unspecified atom stereocenters. The van der Waals surface area contributed by atoms with E-state index in [9.17, 15) is 9.59 Å². The lowest BCUT2D eigenvalue weighted by atomic mass is 10.0. The molecule has 1 atom stereocenters. The van der Waals surface area contributed by atoms with Crippen molar-refractivity contribution < 1.29 is 14.3 Å². The van der Waals surface area contributed by atoms with Gasteiger partial charge in [0.2, 0.25) is 11.8 Å². The summed E-state index contributed by atoms with van der Waals surface area (Å²) < 4.78 is 5.34. The van der Waals surface area contributed by atoms with Gasteiger partial charge in [-0.3, -0.25) is 14.5 Å². The van der Waals surface area contributed by atoms with Gasteiger partial charge in [-0.25, -0.2) is 0 Å². The van der Waals surface area contributed by atoms with Crippen LogP contribution in [0.4, 0.5) is 0 Å². The van der Waals surface area contributed by atoms with Crippen molar-refractivity contribution in [2.45, 2.75) is 32.4 Å². The standard InChI is InChI=1S/C22H29N3O3S/c1-3-24(15-21(26)23-14-19-9-6-12-29-19)22(27)16-25-11-5-10-20(25)17-7-4-8-18(13-17)28-2/h4,6-9,12-13,20H,3,5,10-11,14-16H2,1-2H3,(H,23,26). The summed E-state index contributed by atoms with van der Waals surface area (Å²) >= 11 is 1.61. The minimum Gasteiger partial charge on any atom is -0.497 e. The first-order valence-corrected chi connectivity index (χ1v) is 10.9. The highest BCUT2D eigenvalue weighted by Crippen LogP contribution is 2.33. The maximum absolute atomic E-state index is 12.9. The average molecular weight is 416 g/mol. The Hall–Kier alpha value is -2.38. The number of likely N-dealkylation sites (N-methyl/N-ethyl adjacent to an activating group) is 1. The highest BCUT2D eigenvalue weighted by molar-refractivity contribution is 7.09. The predicted octanol–water partition coefficient (Wildman–Crippen LogP) is 3.06. The molecule has 1 aliphatic rings. The average Bonchev–Trinajstić information content (AvgIpc) is 3.42. The minimum absolute atomic E-state index is 0.00595. The first-order chi connectivity index (χ1) is 14.1. The SMILES string of the molecule is CCN(CC(=O)NCc1cccs1)C(=O)CN1CCCC1c1cccc(OC)c1. The van der Waals surface area contributed by atoms with Crippen molar-refractivity contribution in [1.29, 1.82) is 0 Å². The normalized spacial score (nSPS) is 16.6. The van der Waals surface area contributed by atoms with Crippen molar-refractivity contribution >= 4 is 23.2 Å². The van der Waals surface area contributed by atoms with Gasteiger partial charge in [-0.1, -0.05) is 18.2 Å². The zero-order chi connectivity index (χ0) is 20.6. The summed E-state index contributed by atoms with van der Waals surface area (Å²) in [6.45, 7) is 4.24. The third-order valence-electron chi connectivity index (χ3n) is 5.29. The van der Waals surface area contributed by atoms with Crippen molar-refractivity contribution in [2.75, 3.05) is 33.3 Å². The second kappa shape index (κ2) is 10.4. The topological polar surface area (TPSA) is 61.9 Å². The molecular formula is C22H29N3O3S. The van der Waals surface area contributed by atoms with Crippen LogP contribution in [0.25, 0.3) is 0 Å². The maximum atomic E-state index is 12.9. The lowest BCUT2D eigenvalue weighted by molar-refractivity contribution is -0.137. The van der Waals surface area contributed by atoms with Crippen molar-refractivity contribution in [3.63, 3.8) is 0 Å². The molecule has 1 saturated heterocycles. The third kappa shape index (κ3) is 5.81. The molecule has 3 rings (SSSR count). The van der Waals surface area contributed by atoms with Gasteiger partial charge < -0.3 is 15.0 Å². The van der Waals surface area contributed by atoms with Crippen LogP contribution in [-0.2, 0) is 16.1 Å². The fourth-order valence-corrected chi connectivity index (χ4v) is 4.36. The number of hydrogen-bond donors (Lipinski definition) is 1. The molecule has 2 heterocycles. The molecule has 0 spiro atoms. The molecule has 0 radical (unpaired) electrons. The number of likely N-dealkylation sites (tertiary alicyclic amines) is 1. The van der Waals surface area contributed by atoms with E-state index in [1.165, 1.54) is 5.56 Å². The van der Waals surface area contributed by atoms with E-state index < -0.39 is 0 Å². The molecule has 156 valence electrons. The molecule has 1 aliphatic heterocycles. The van der Waals surface area contributed by atoms with E-state index in [0.717, 1.165) is 30.0 Å². The van der Waals surface area contributed by atoms with E-state index >= 15 is 0 Å². The summed E-state index contributed by atoms with van der Waals surface area (Å²) in [5, 5.41) is 4.88. The lowest BCUT2D eigenvalue weighted by Gasteiger charge is -2.28. The van der Waals surface area contributed by atoms with E-state index in [4.69, 9.17) is 4.74 Å². The summed E-state index contributed by atoms with van der Waals surface area (Å²) in [6, 6.07) is 12.2. The van der Waals surface area contributed by atoms with Gasteiger partial charge in [-0.05, 0) is 55.5 Å². The molecule has 29 heavy (non-hydrogen) atoms. The summed E-state index contributed by atoms with van der Waals surface area (Å²) in [4.78, 5) is 30.1. The third-order valence-corrected chi connectivity index (χ3v) is 6.17. The van der Waals surface area contributed by atoms with Gasteiger partial charge in [0.15, 0.2) is 0 Å². The first kappa shape index (κ1) is 21.3. The Bertz CT molecular complexity index is 809. The van der Waals surface area contributed by atoms with Crippen molar-refractivity contribution in [1.82, 2.24) is 15.1 Å². The van der Waals surface area contributed by atoms with Gasteiger partial charge in [0.25, 0.3) is 0 Å².